The van der Waals surface area contributed by atoms with Crippen molar-refractivity contribution in [3.8, 4) is 5.75 Å². The van der Waals surface area contributed by atoms with Crippen LogP contribution in [0.25, 0.3) is 10.9 Å². The molecule has 0 saturated heterocycles. The Morgan fingerprint density at radius 1 is 1.00 bits per heavy atom. The van der Waals surface area contributed by atoms with Crippen molar-refractivity contribution in [2.75, 3.05) is 19.0 Å². The molecule has 2 aromatic heterocycles. The summed E-state index contributed by atoms with van der Waals surface area (Å²) in [5.74, 6) is 0.916. The molecule has 1 fully saturated rings. The molecule has 2 heterocycles. The van der Waals surface area contributed by atoms with E-state index in [1.54, 1.807) is 13.3 Å². The number of nitrogens with one attached hydrogen (secondary N) is 1. The lowest BCUT2D eigenvalue weighted by atomic mass is 9.69. The molecule has 1 N–H and O–H groups in total. The molecule has 4 nitrogen and oxygen atoms in total. The highest BCUT2D eigenvalue weighted by Crippen LogP contribution is 2.40. The van der Waals surface area contributed by atoms with Crippen molar-refractivity contribution in [2.24, 2.45) is 0 Å². The summed E-state index contributed by atoms with van der Waals surface area (Å²) in [6.45, 7) is 0.924. The third-order valence-electron chi connectivity index (χ3n) is 5.67. The van der Waals surface area contributed by atoms with E-state index >= 15 is 0 Å². The zero-order valence-corrected chi connectivity index (χ0v) is 15.2. The van der Waals surface area contributed by atoms with E-state index in [4.69, 9.17) is 4.74 Å². The van der Waals surface area contributed by atoms with Gasteiger partial charge >= 0.3 is 0 Å². The number of benzene rings is 1. The van der Waals surface area contributed by atoms with Crippen LogP contribution in [0.5, 0.6) is 5.75 Å². The standard InChI is InChI=1S/C22H25N3O/c1-26-18-7-5-17(6-8-18)22(11-3-2-4-12-22)16-25-21-10-14-24-20-9-13-23-15-19(20)21/h5-10,13-15H,2-4,11-12,16H2,1H3,(H,24,25). The molecule has 0 amide bonds. The molecule has 0 aliphatic heterocycles. The maximum absolute atomic E-state index is 5.34. The summed E-state index contributed by atoms with van der Waals surface area (Å²) in [7, 11) is 1.72. The first-order valence-corrected chi connectivity index (χ1v) is 9.38. The quantitative estimate of drug-likeness (QED) is 0.709. The number of anilines is 1. The Bertz CT molecular complexity index is 865. The molecule has 1 aliphatic carbocycles. The molecule has 0 spiro atoms. The predicted octanol–water partition coefficient (Wildman–Crippen LogP) is 4.95. The minimum atomic E-state index is 0.169. The van der Waals surface area contributed by atoms with Crippen LogP contribution in [0.1, 0.15) is 37.7 Å². The minimum absolute atomic E-state index is 0.169. The molecule has 0 bridgehead atoms. The number of hydrogen-bond donors (Lipinski definition) is 1. The first kappa shape index (κ1) is 16.8. The first-order chi connectivity index (χ1) is 12.8. The van der Waals surface area contributed by atoms with E-state index in [0.29, 0.717) is 0 Å². The lowest BCUT2D eigenvalue weighted by molar-refractivity contribution is 0.307. The normalized spacial score (nSPS) is 16.3. The van der Waals surface area contributed by atoms with Crippen LogP contribution in [0.2, 0.25) is 0 Å². The van der Waals surface area contributed by atoms with E-state index in [1.807, 2.05) is 18.5 Å². The highest BCUT2D eigenvalue weighted by molar-refractivity contribution is 5.90. The van der Waals surface area contributed by atoms with Crippen LogP contribution in [0, 0.1) is 0 Å². The summed E-state index contributed by atoms with van der Waals surface area (Å²) in [6.07, 6.45) is 11.9. The maximum Gasteiger partial charge on any atom is 0.118 e. The lowest BCUT2D eigenvalue weighted by Crippen LogP contribution is -2.36. The van der Waals surface area contributed by atoms with Crippen LogP contribution in [-0.2, 0) is 5.41 Å². The van der Waals surface area contributed by atoms with Crippen molar-refractivity contribution >= 4 is 16.6 Å². The third kappa shape index (κ3) is 3.24. The average molecular weight is 347 g/mol. The Morgan fingerprint density at radius 3 is 2.58 bits per heavy atom. The van der Waals surface area contributed by atoms with E-state index in [-0.39, 0.29) is 5.41 Å². The van der Waals surface area contributed by atoms with E-state index < -0.39 is 0 Å². The Kier molecular flexibility index (Phi) is 4.74. The van der Waals surface area contributed by atoms with Gasteiger partial charge in [-0.25, -0.2) is 0 Å². The smallest absolute Gasteiger partial charge is 0.118 e. The topological polar surface area (TPSA) is 47.0 Å². The fourth-order valence-electron chi connectivity index (χ4n) is 4.15. The van der Waals surface area contributed by atoms with E-state index in [1.165, 1.54) is 37.7 Å². The molecule has 1 aliphatic rings. The predicted molar refractivity (Wildman–Crippen MR) is 106 cm³/mol. The van der Waals surface area contributed by atoms with Crippen molar-refractivity contribution in [1.29, 1.82) is 0 Å². The van der Waals surface area contributed by atoms with Crippen molar-refractivity contribution in [2.45, 2.75) is 37.5 Å². The summed E-state index contributed by atoms with van der Waals surface area (Å²) >= 11 is 0. The number of fused-ring (bicyclic) bond motifs is 1. The second-order valence-corrected chi connectivity index (χ2v) is 7.17. The molecule has 3 aromatic rings. The van der Waals surface area contributed by atoms with Crippen molar-refractivity contribution in [3.05, 3.63) is 60.6 Å². The monoisotopic (exact) mass is 347 g/mol. The molecule has 0 radical (unpaired) electrons. The van der Waals surface area contributed by atoms with Gasteiger partial charge in [0.2, 0.25) is 0 Å². The molecule has 1 saturated carbocycles. The van der Waals surface area contributed by atoms with Gasteiger partial charge in [0.1, 0.15) is 5.75 Å². The molecule has 26 heavy (non-hydrogen) atoms. The molecule has 0 unspecified atom stereocenters. The molecule has 134 valence electrons. The van der Waals surface area contributed by atoms with Crippen LogP contribution in [0.4, 0.5) is 5.69 Å². The van der Waals surface area contributed by atoms with E-state index in [0.717, 1.165) is 28.9 Å². The van der Waals surface area contributed by atoms with Crippen LogP contribution in [0.3, 0.4) is 0 Å². The Labute approximate surface area is 154 Å². The molecule has 0 atom stereocenters. The zero-order chi connectivity index (χ0) is 17.8. The van der Waals surface area contributed by atoms with Crippen LogP contribution < -0.4 is 10.1 Å². The Balaban J connectivity index is 1.62. The Hall–Kier alpha value is -2.62. The van der Waals surface area contributed by atoms with Crippen LogP contribution in [0.15, 0.2) is 55.0 Å². The number of rotatable bonds is 5. The molecule has 4 rings (SSSR count). The zero-order valence-electron chi connectivity index (χ0n) is 15.2. The molecule has 4 heteroatoms. The average Bonchev–Trinajstić information content (AvgIpc) is 2.73. The highest BCUT2D eigenvalue weighted by atomic mass is 16.5. The second kappa shape index (κ2) is 7.32. The number of ether oxygens (including phenoxy) is 1. The van der Waals surface area contributed by atoms with E-state index in [2.05, 4.69) is 45.6 Å². The largest absolute Gasteiger partial charge is 0.497 e. The number of hydrogen-bond acceptors (Lipinski definition) is 4. The van der Waals surface area contributed by atoms with Crippen LogP contribution in [-0.4, -0.2) is 23.6 Å². The lowest BCUT2D eigenvalue weighted by Gasteiger charge is -2.38. The number of pyridine rings is 2. The fourth-order valence-corrected chi connectivity index (χ4v) is 4.15. The van der Waals surface area contributed by atoms with Crippen molar-refractivity contribution in [1.82, 2.24) is 9.97 Å². The Morgan fingerprint density at radius 2 is 1.81 bits per heavy atom. The number of nitrogens with zero attached hydrogens (tertiary/aromatic N) is 2. The van der Waals surface area contributed by atoms with Crippen LogP contribution >= 0.6 is 0 Å². The molecule has 1 aromatic carbocycles. The van der Waals surface area contributed by atoms with Gasteiger partial charge in [-0.3, -0.25) is 9.97 Å². The van der Waals surface area contributed by atoms with E-state index in [9.17, 15) is 0 Å². The summed E-state index contributed by atoms with van der Waals surface area (Å²) in [4.78, 5) is 8.71. The van der Waals surface area contributed by atoms with Gasteiger partial charge in [-0.15, -0.1) is 0 Å². The van der Waals surface area contributed by atoms with Gasteiger partial charge in [0.05, 0.1) is 12.6 Å². The second-order valence-electron chi connectivity index (χ2n) is 7.17. The maximum atomic E-state index is 5.34. The third-order valence-corrected chi connectivity index (χ3v) is 5.67. The fraction of sp³-hybridized carbons (Fsp3) is 0.364. The van der Waals surface area contributed by atoms with Gasteiger partial charge in [-0.05, 0) is 42.7 Å². The summed E-state index contributed by atoms with van der Waals surface area (Å²) in [6, 6.07) is 12.6. The SMILES string of the molecule is COc1ccc(C2(CNc3ccnc4ccncc34)CCCCC2)cc1. The highest BCUT2D eigenvalue weighted by Gasteiger charge is 2.33. The van der Waals surface area contributed by atoms with Crippen molar-refractivity contribution in [3.63, 3.8) is 0 Å². The molecular weight excluding hydrogens is 322 g/mol. The van der Waals surface area contributed by atoms with Crippen molar-refractivity contribution < 1.29 is 4.74 Å². The van der Waals surface area contributed by atoms with Gasteiger partial charge in [0.15, 0.2) is 0 Å². The number of aromatic nitrogens is 2. The summed E-state index contributed by atoms with van der Waals surface area (Å²) in [5.41, 5.74) is 3.66. The number of methoxy groups -OCH3 is 1. The van der Waals surface area contributed by atoms with Gasteiger partial charge in [-0.1, -0.05) is 31.4 Å². The summed E-state index contributed by atoms with van der Waals surface area (Å²) < 4.78 is 5.34. The van der Waals surface area contributed by atoms with Gasteiger partial charge < -0.3 is 10.1 Å². The van der Waals surface area contributed by atoms with Gasteiger partial charge in [0.25, 0.3) is 0 Å². The summed E-state index contributed by atoms with van der Waals surface area (Å²) in [5, 5.41) is 4.79. The minimum Gasteiger partial charge on any atom is -0.497 e. The first-order valence-electron chi connectivity index (χ1n) is 9.38. The van der Waals surface area contributed by atoms with Gasteiger partial charge in [-0.2, -0.15) is 0 Å². The molecular formula is C22H25N3O. The van der Waals surface area contributed by atoms with Gasteiger partial charge in [0, 0.05) is 41.6 Å².